The van der Waals surface area contributed by atoms with Crippen molar-refractivity contribution < 1.29 is 9.53 Å². The highest BCUT2D eigenvalue weighted by Crippen LogP contribution is 2.28. The van der Waals surface area contributed by atoms with Crippen LogP contribution in [0.2, 0.25) is 0 Å². The van der Waals surface area contributed by atoms with Crippen molar-refractivity contribution in [1.82, 2.24) is 9.38 Å². The number of aldehydes is 1. The van der Waals surface area contributed by atoms with Gasteiger partial charge < -0.3 is 4.74 Å². The molecule has 0 aliphatic carbocycles. The van der Waals surface area contributed by atoms with E-state index in [-0.39, 0.29) is 0 Å². The number of rotatable bonds is 4. The number of carbonyl (C=O) groups is 1. The Hall–Kier alpha value is -2.14. The van der Waals surface area contributed by atoms with Gasteiger partial charge in [0.25, 0.3) is 0 Å². The van der Waals surface area contributed by atoms with Gasteiger partial charge in [-0.05, 0) is 38.1 Å². The van der Waals surface area contributed by atoms with Crippen molar-refractivity contribution in [3.63, 3.8) is 0 Å². The third-order valence-electron chi connectivity index (χ3n) is 3.03. The number of carbonyl (C=O) groups excluding carboxylic acids is 1. The highest BCUT2D eigenvalue weighted by Gasteiger charge is 2.15. The predicted octanol–water partition coefficient (Wildman–Crippen LogP) is 3.58. The Bertz CT molecular complexity index is 756. The van der Waals surface area contributed by atoms with Gasteiger partial charge in [-0.3, -0.25) is 9.20 Å². The second-order valence-corrected chi connectivity index (χ2v) is 5.63. The molecule has 3 rings (SSSR count). The summed E-state index contributed by atoms with van der Waals surface area (Å²) in [6.45, 7) is 4.59. The first-order valence-corrected chi connectivity index (χ1v) is 7.21. The number of aromatic nitrogens is 2. The summed E-state index contributed by atoms with van der Waals surface area (Å²) in [6.07, 6.45) is 2.80. The van der Waals surface area contributed by atoms with Crippen molar-refractivity contribution >= 4 is 22.6 Å². The summed E-state index contributed by atoms with van der Waals surface area (Å²) < 4.78 is 7.27. The number of ether oxygens (including phenoxy) is 1. The molecule has 0 bridgehead atoms. The van der Waals surface area contributed by atoms with Crippen LogP contribution in [-0.2, 0) is 0 Å². The molecule has 5 heteroatoms. The summed E-state index contributed by atoms with van der Waals surface area (Å²) in [5.41, 5.74) is 2.23. The highest BCUT2D eigenvalue weighted by molar-refractivity contribution is 7.17. The molecule has 20 heavy (non-hydrogen) atoms. The standard InChI is InChI=1S/C15H14N2O2S/c1-3-19-12-6-4-11(5-7-12)14-13(9-18)17-8-10(2)20-15(17)16-14/h4-9H,3H2,1-2H3. The van der Waals surface area contributed by atoms with E-state index < -0.39 is 0 Å². The molecule has 0 radical (unpaired) electrons. The van der Waals surface area contributed by atoms with Gasteiger partial charge in [-0.15, -0.1) is 11.3 Å². The number of aryl methyl sites for hydroxylation is 1. The van der Waals surface area contributed by atoms with E-state index in [9.17, 15) is 4.79 Å². The fourth-order valence-electron chi connectivity index (χ4n) is 2.17. The van der Waals surface area contributed by atoms with Crippen molar-refractivity contribution in [2.75, 3.05) is 6.61 Å². The Morgan fingerprint density at radius 2 is 2.10 bits per heavy atom. The van der Waals surface area contributed by atoms with Gasteiger partial charge in [0.05, 0.1) is 6.61 Å². The lowest BCUT2D eigenvalue weighted by Crippen LogP contribution is -1.92. The second-order valence-electron chi connectivity index (χ2n) is 4.42. The van der Waals surface area contributed by atoms with Crippen LogP contribution in [0.1, 0.15) is 22.3 Å². The minimum absolute atomic E-state index is 0.591. The lowest BCUT2D eigenvalue weighted by molar-refractivity contribution is 0.111. The van der Waals surface area contributed by atoms with Crippen LogP contribution in [0.4, 0.5) is 0 Å². The molecule has 0 atom stereocenters. The summed E-state index contributed by atoms with van der Waals surface area (Å²) >= 11 is 1.58. The maximum Gasteiger partial charge on any atom is 0.195 e. The monoisotopic (exact) mass is 286 g/mol. The maximum atomic E-state index is 11.4. The molecular weight excluding hydrogens is 272 g/mol. The first-order valence-electron chi connectivity index (χ1n) is 6.40. The molecule has 102 valence electrons. The van der Waals surface area contributed by atoms with Crippen LogP contribution in [0.25, 0.3) is 16.2 Å². The minimum atomic E-state index is 0.591. The summed E-state index contributed by atoms with van der Waals surface area (Å²) in [4.78, 5) is 17.9. The molecule has 3 aromatic rings. The van der Waals surface area contributed by atoms with E-state index in [0.717, 1.165) is 27.4 Å². The Morgan fingerprint density at radius 3 is 2.75 bits per heavy atom. The normalized spacial score (nSPS) is 10.9. The van der Waals surface area contributed by atoms with Crippen LogP contribution in [0, 0.1) is 6.92 Å². The highest BCUT2D eigenvalue weighted by atomic mass is 32.1. The molecule has 0 unspecified atom stereocenters. The molecule has 0 amide bonds. The van der Waals surface area contributed by atoms with Crippen LogP contribution in [0.3, 0.4) is 0 Å². The number of thiazole rings is 1. The minimum Gasteiger partial charge on any atom is -0.494 e. The number of imidazole rings is 1. The molecule has 0 saturated carbocycles. The van der Waals surface area contributed by atoms with Crippen molar-refractivity contribution in [3.8, 4) is 17.0 Å². The number of hydrogen-bond donors (Lipinski definition) is 0. The summed E-state index contributed by atoms with van der Waals surface area (Å²) in [7, 11) is 0. The number of fused-ring (bicyclic) bond motifs is 1. The van der Waals surface area contributed by atoms with E-state index in [1.165, 1.54) is 0 Å². The zero-order valence-electron chi connectivity index (χ0n) is 11.3. The molecular formula is C15H14N2O2S. The van der Waals surface area contributed by atoms with E-state index in [0.29, 0.717) is 18.0 Å². The van der Waals surface area contributed by atoms with Crippen LogP contribution in [-0.4, -0.2) is 22.3 Å². The van der Waals surface area contributed by atoms with Gasteiger partial charge >= 0.3 is 0 Å². The number of benzene rings is 1. The zero-order valence-corrected chi connectivity index (χ0v) is 12.1. The third-order valence-corrected chi connectivity index (χ3v) is 3.93. The Morgan fingerprint density at radius 1 is 1.35 bits per heavy atom. The van der Waals surface area contributed by atoms with Crippen LogP contribution < -0.4 is 4.74 Å². The van der Waals surface area contributed by atoms with Crippen molar-refractivity contribution in [1.29, 1.82) is 0 Å². The van der Waals surface area contributed by atoms with E-state index >= 15 is 0 Å². The summed E-state index contributed by atoms with van der Waals surface area (Å²) in [5.74, 6) is 0.820. The lowest BCUT2D eigenvalue weighted by atomic mass is 10.1. The molecule has 1 aromatic carbocycles. The largest absolute Gasteiger partial charge is 0.494 e. The van der Waals surface area contributed by atoms with E-state index in [2.05, 4.69) is 4.98 Å². The van der Waals surface area contributed by atoms with Gasteiger partial charge in [-0.2, -0.15) is 0 Å². The van der Waals surface area contributed by atoms with Crippen LogP contribution in [0.5, 0.6) is 5.75 Å². The van der Waals surface area contributed by atoms with E-state index in [4.69, 9.17) is 4.74 Å². The molecule has 0 spiro atoms. The van der Waals surface area contributed by atoms with Gasteiger partial charge in [0.15, 0.2) is 11.2 Å². The van der Waals surface area contributed by atoms with Gasteiger partial charge in [0, 0.05) is 16.6 Å². The quantitative estimate of drug-likeness (QED) is 0.688. The Labute approximate surface area is 120 Å². The smallest absolute Gasteiger partial charge is 0.195 e. The fraction of sp³-hybridized carbons (Fsp3) is 0.200. The van der Waals surface area contributed by atoms with Crippen molar-refractivity contribution in [2.45, 2.75) is 13.8 Å². The molecule has 2 aromatic heterocycles. The topological polar surface area (TPSA) is 43.6 Å². The van der Waals surface area contributed by atoms with Gasteiger partial charge in [0.1, 0.15) is 17.1 Å². The first-order chi connectivity index (χ1) is 9.72. The van der Waals surface area contributed by atoms with Gasteiger partial charge in [-0.25, -0.2) is 4.98 Å². The average molecular weight is 286 g/mol. The Balaban J connectivity index is 2.08. The second kappa shape index (κ2) is 5.09. The lowest BCUT2D eigenvalue weighted by Gasteiger charge is -2.03. The van der Waals surface area contributed by atoms with Gasteiger partial charge in [0.2, 0.25) is 0 Å². The number of hydrogen-bond acceptors (Lipinski definition) is 4. The van der Waals surface area contributed by atoms with Gasteiger partial charge in [-0.1, -0.05) is 0 Å². The maximum absolute atomic E-state index is 11.4. The molecule has 2 heterocycles. The molecule has 4 nitrogen and oxygen atoms in total. The molecule has 0 aliphatic rings. The summed E-state index contributed by atoms with van der Waals surface area (Å²) in [5, 5.41) is 0. The number of nitrogens with zero attached hydrogens (tertiary/aromatic N) is 2. The molecule has 0 saturated heterocycles. The third kappa shape index (κ3) is 2.10. The van der Waals surface area contributed by atoms with Crippen molar-refractivity contribution in [2.24, 2.45) is 0 Å². The summed E-state index contributed by atoms with van der Waals surface area (Å²) in [6, 6.07) is 7.65. The zero-order chi connectivity index (χ0) is 14.1. The molecule has 0 fully saturated rings. The van der Waals surface area contributed by atoms with Crippen LogP contribution >= 0.6 is 11.3 Å². The van der Waals surface area contributed by atoms with E-state index in [1.807, 2.05) is 48.7 Å². The Kier molecular flexibility index (Phi) is 3.28. The molecule has 0 aliphatic heterocycles. The molecule has 0 N–H and O–H groups in total. The first kappa shape index (κ1) is 12.9. The average Bonchev–Trinajstić information content (AvgIpc) is 2.95. The van der Waals surface area contributed by atoms with Crippen molar-refractivity contribution in [3.05, 3.63) is 41.0 Å². The fourth-order valence-corrected chi connectivity index (χ4v) is 3.01. The van der Waals surface area contributed by atoms with E-state index in [1.54, 1.807) is 11.3 Å². The van der Waals surface area contributed by atoms with Crippen LogP contribution in [0.15, 0.2) is 30.5 Å². The predicted molar refractivity (Wildman–Crippen MR) is 79.8 cm³/mol. The SMILES string of the molecule is CCOc1ccc(-c2nc3sc(C)cn3c2C=O)cc1.